The van der Waals surface area contributed by atoms with Gasteiger partial charge < -0.3 is 5.11 Å². The number of phenols is 1. The third kappa shape index (κ3) is 2.76. The molecule has 0 aliphatic heterocycles. The molecular weight excluding hydrogens is 298 g/mol. The van der Waals surface area contributed by atoms with Crippen LogP contribution in [0, 0.1) is 6.92 Å². The van der Waals surface area contributed by atoms with Crippen LogP contribution in [0.2, 0.25) is 0 Å². The highest BCUT2D eigenvalue weighted by molar-refractivity contribution is 7.92. The average Bonchev–Trinajstić information content (AvgIpc) is 2.48. The fourth-order valence-corrected chi connectivity index (χ4v) is 3.30. The molecule has 3 rings (SSSR count). The van der Waals surface area contributed by atoms with E-state index in [1.807, 2.05) is 31.2 Å². The molecule has 5 heteroatoms. The van der Waals surface area contributed by atoms with Crippen molar-refractivity contribution in [3.05, 3.63) is 66.2 Å². The van der Waals surface area contributed by atoms with Gasteiger partial charge in [0.05, 0.1) is 10.6 Å². The van der Waals surface area contributed by atoms with E-state index in [1.54, 1.807) is 24.3 Å². The normalized spacial score (nSPS) is 11.5. The average molecular weight is 313 g/mol. The minimum Gasteiger partial charge on any atom is -0.506 e. The van der Waals surface area contributed by atoms with Crippen LogP contribution in [-0.4, -0.2) is 13.5 Å². The molecule has 0 aliphatic rings. The molecular formula is C17H15NO3S. The highest BCUT2D eigenvalue weighted by Crippen LogP contribution is 2.31. The zero-order valence-electron chi connectivity index (χ0n) is 11.9. The van der Waals surface area contributed by atoms with Crippen LogP contribution < -0.4 is 4.72 Å². The number of nitrogens with one attached hydrogen (secondary N) is 1. The van der Waals surface area contributed by atoms with Gasteiger partial charge in [0.2, 0.25) is 0 Å². The first-order chi connectivity index (χ1) is 10.5. The van der Waals surface area contributed by atoms with Crippen molar-refractivity contribution in [1.29, 1.82) is 0 Å². The van der Waals surface area contributed by atoms with Crippen molar-refractivity contribution in [3.63, 3.8) is 0 Å². The zero-order valence-corrected chi connectivity index (χ0v) is 12.8. The van der Waals surface area contributed by atoms with Crippen molar-refractivity contribution in [2.45, 2.75) is 11.8 Å². The minimum absolute atomic E-state index is 0.102. The molecule has 3 aromatic carbocycles. The van der Waals surface area contributed by atoms with Crippen LogP contribution in [0.4, 0.5) is 5.69 Å². The Bertz CT molecular complexity index is 932. The van der Waals surface area contributed by atoms with Gasteiger partial charge in [-0.05, 0) is 42.0 Å². The first-order valence-electron chi connectivity index (χ1n) is 6.77. The molecule has 0 radical (unpaired) electrons. The van der Waals surface area contributed by atoms with Crippen molar-refractivity contribution in [1.82, 2.24) is 0 Å². The van der Waals surface area contributed by atoms with Gasteiger partial charge in [0.1, 0.15) is 5.75 Å². The van der Waals surface area contributed by atoms with Gasteiger partial charge in [0.25, 0.3) is 10.0 Å². The van der Waals surface area contributed by atoms with Gasteiger partial charge in [-0.25, -0.2) is 8.42 Å². The smallest absolute Gasteiger partial charge is 0.262 e. The van der Waals surface area contributed by atoms with Crippen molar-refractivity contribution < 1.29 is 13.5 Å². The van der Waals surface area contributed by atoms with E-state index >= 15 is 0 Å². The summed E-state index contributed by atoms with van der Waals surface area (Å²) in [6.45, 7) is 1.89. The van der Waals surface area contributed by atoms with Gasteiger partial charge in [-0.2, -0.15) is 0 Å². The number of benzene rings is 3. The largest absolute Gasteiger partial charge is 0.506 e. The number of fused-ring (bicyclic) bond motifs is 1. The molecule has 0 saturated heterocycles. The van der Waals surface area contributed by atoms with Gasteiger partial charge in [-0.3, -0.25) is 4.72 Å². The summed E-state index contributed by atoms with van der Waals surface area (Å²) in [6, 6.07) is 17.1. The second-order valence-corrected chi connectivity index (χ2v) is 6.82. The molecule has 0 bridgehead atoms. The van der Waals surface area contributed by atoms with E-state index in [4.69, 9.17) is 0 Å². The van der Waals surface area contributed by atoms with E-state index in [9.17, 15) is 13.5 Å². The number of aromatic hydroxyl groups is 1. The van der Waals surface area contributed by atoms with Crippen LogP contribution in [0.25, 0.3) is 10.8 Å². The van der Waals surface area contributed by atoms with Crippen molar-refractivity contribution in [2.24, 2.45) is 0 Å². The number of sulfonamides is 1. The lowest BCUT2D eigenvalue weighted by molar-refractivity contribution is 0.478. The van der Waals surface area contributed by atoms with E-state index in [0.29, 0.717) is 0 Å². The Hall–Kier alpha value is -2.53. The molecule has 0 unspecified atom stereocenters. The highest BCUT2D eigenvalue weighted by Gasteiger charge is 2.16. The van der Waals surface area contributed by atoms with Crippen LogP contribution in [0.15, 0.2) is 65.6 Å². The van der Waals surface area contributed by atoms with E-state index < -0.39 is 10.0 Å². The van der Waals surface area contributed by atoms with Gasteiger partial charge in [-0.1, -0.05) is 42.0 Å². The number of hydrogen-bond donors (Lipinski definition) is 2. The number of rotatable bonds is 3. The number of phenolic OH excluding ortho intramolecular Hbond substituents is 1. The molecule has 0 spiro atoms. The maximum absolute atomic E-state index is 12.4. The second kappa shape index (κ2) is 5.35. The lowest BCUT2D eigenvalue weighted by Crippen LogP contribution is -2.13. The predicted molar refractivity (Wildman–Crippen MR) is 87.6 cm³/mol. The van der Waals surface area contributed by atoms with Crippen LogP contribution in [0.5, 0.6) is 5.75 Å². The molecule has 0 atom stereocenters. The minimum atomic E-state index is -3.73. The summed E-state index contributed by atoms with van der Waals surface area (Å²) < 4.78 is 27.2. The summed E-state index contributed by atoms with van der Waals surface area (Å²) in [5.41, 5.74) is 1.15. The van der Waals surface area contributed by atoms with Gasteiger partial charge >= 0.3 is 0 Å². The monoisotopic (exact) mass is 313 g/mol. The molecule has 0 aliphatic carbocycles. The number of anilines is 1. The number of aryl methyl sites for hydroxylation is 1. The topological polar surface area (TPSA) is 66.4 Å². The Kier molecular flexibility index (Phi) is 3.50. The summed E-state index contributed by atoms with van der Waals surface area (Å²) in [4.78, 5) is 0.158. The van der Waals surface area contributed by atoms with Crippen LogP contribution in [0.3, 0.4) is 0 Å². The van der Waals surface area contributed by atoms with Gasteiger partial charge in [0.15, 0.2) is 0 Å². The fourth-order valence-electron chi connectivity index (χ4n) is 2.23. The summed E-state index contributed by atoms with van der Waals surface area (Å²) in [7, 11) is -3.73. The molecule has 0 aromatic heterocycles. The fraction of sp³-hybridized carbons (Fsp3) is 0.0588. The molecule has 0 fully saturated rings. The quantitative estimate of drug-likeness (QED) is 0.725. The van der Waals surface area contributed by atoms with Crippen molar-refractivity contribution in [3.8, 4) is 5.75 Å². The summed E-state index contributed by atoms with van der Waals surface area (Å²) >= 11 is 0. The predicted octanol–water partition coefficient (Wildman–Crippen LogP) is 3.65. The molecule has 0 saturated carbocycles. The van der Waals surface area contributed by atoms with Crippen molar-refractivity contribution in [2.75, 3.05) is 4.72 Å². The summed E-state index contributed by atoms with van der Waals surface area (Å²) in [5, 5.41) is 11.7. The van der Waals surface area contributed by atoms with Gasteiger partial charge in [-0.15, -0.1) is 0 Å². The molecule has 112 valence electrons. The van der Waals surface area contributed by atoms with Crippen LogP contribution >= 0.6 is 0 Å². The first-order valence-corrected chi connectivity index (χ1v) is 8.25. The molecule has 3 aromatic rings. The highest BCUT2D eigenvalue weighted by atomic mass is 32.2. The lowest BCUT2D eigenvalue weighted by Gasteiger charge is -2.11. The summed E-state index contributed by atoms with van der Waals surface area (Å²) in [6.07, 6.45) is 0. The van der Waals surface area contributed by atoms with E-state index in [0.717, 1.165) is 16.3 Å². The Balaban J connectivity index is 2.01. The van der Waals surface area contributed by atoms with E-state index in [-0.39, 0.29) is 16.3 Å². The van der Waals surface area contributed by atoms with Crippen molar-refractivity contribution >= 4 is 26.5 Å². The summed E-state index contributed by atoms with van der Waals surface area (Å²) in [5.74, 6) is -0.102. The molecule has 4 nitrogen and oxygen atoms in total. The Labute approximate surface area is 129 Å². The van der Waals surface area contributed by atoms with E-state index in [2.05, 4.69) is 4.72 Å². The zero-order chi connectivity index (χ0) is 15.7. The molecule has 0 amide bonds. The van der Waals surface area contributed by atoms with E-state index in [1.165, 1.54) is 12.1 Å². The lowest BCUT2D eigenvalue weighted by atomic mass is 10.1. The third-order valence-corrected chi connectivity index (χ3v) is 4.82. The molecule has 22 heavy (non-hydrogen) atoms. The second-order valence-electron chi connectivity index (χ2n) is 5.14. The third-order valence-electron chi connectivity index (χ3n) is 3.44. The Morgan fingerprint density at radius 1 is 0.909 bits per heavy atom. The molecule has 0 heterocycles. The van der Waals surface area contributed by atoms with Crippen LogP contribution in [-0.2, 0) is 10.0 Å². The standard InChI is InChI=1S/C17H15NO3S/c1-12-6-8-15(9-7-12)22(20,21)18-16-10-13-4-2-3-5-14(13)11-17(16)19/h2-11,18-19H,1H3. The SMILES string of the molecule is Cc1ccc(S(=O)(=O)Nc2cc3ccccc3cc2O)cc1. The van der Waals surface area contributed by atoms with Gasteiger partial charge in [0, 0.05) is 0 Å². The Morgan fingerprint density at radius 2 is 1.50 bits per heavy atom. The number of hydrogen-bond acceptors (Lipinski definition) is 3. The Morgan fingerprint density at radius 3 is 2.14 bits per heavy atom. The van der Waals surface area contributed by atoms with Crippen LogP contribution in [0.1, 0.15) is 5.56 Å². The maximum atomic E-state index is 12.4. The maximum Gasteiger partial charge on any atom is 0.262 e. The molecule has 2 N–H and O–H groups in total. The first kappa shape index (κ1) is 14.4.